The summed E-state index contributed by atoms with van der Waals surface area (Å²) in [4.78, 5) is 5.38. The van der Waals surface area contributed by atoms with E-state index >= 15 is 0 Å². The summed E-state index contributed by atoms with van der Waals surface area (Å²) in [5.74, 6) is 0. The van der Waals surface area contributed by atoms with E-state index in [2.05, 4.69) is 36.0 Å². The van der Waals surface area contributed by atoms with Crippen molar-refractivity contribution in [1.82, 2.24) is 15.1 Å². The van der Waals surface area contributed by atoms with Gasteiger partial charge in [0.15, 0.2) is 0 Å². The van der Waals surface area contributed by atoms with E-state index < -0.39 is 0 Å². The van der Waals surface area contributed by atoms with Crippen LogP contribution in [0, 0.1) is 0 Å². The Hall–Kier alpha value is -0.120. The predicted octanol–water partition coefficient (Wildman–Crippen LogP) is 1.15. The van der Waals surface area contributed by atoms with Crippen LogP contribution in [-0.2, 0) is 0 Å². The minimum absolute atomic E-state index is 0.636. The lowest BCUT2D eigenvalue weighted by atomic mass is 10.1. The van der Waals surface area contributed by atoms with Gasteiger partial charge in [0.05, 0.1) is 0 Å². The van der Waals surface area contributed by atoms with Crippen molar-refractivity contribution in [2.45, 2.75) is 51.2 Å². The first kappa shape index (κ1) is 12.3. The molecular formula is C13H27N3. The van der Waals surface area contributed by atoms with Crippen molar-refractivity contribution in [3.8, 4) is 0 Å². The van der Waals surface area contributed by atoms with Crippen LogP contribution in [0.4, 0.5) is 0 Å². The molecule has 0 spiro atoms. The Bertz CT molecular complexity index is 219. The second-order valence-electron chi connectivity index (χ2n) is 5.60. The minimum atomic E-state index is 0.636. The Morgan fingerprint density at radius 1 is 1.25 bits per heavy atom. The zero-order valence-corrected chi connectivity index (χ0v) is 11.1. The third-order valence-electron chi connectivity index (χ3n) is 4.43. The number of hydrogen-bond donors (Lipinski definition) is 1. The number of fused-ring (bicyclic) bond motifs is 1. The molecule has 0 aliphatic carbocycles. The molecule has 0 amide bonds. The quantitative estimate of drug-likeness (QED) is 0.774. The summed E-state index contributed by atoms with van der Waals surface area (Å²) in [5.41, 5.74) is 0. The molecule has 0 aromatic carbocycles. The van der Waals surface area contributed by atoms with Crippen LogP contribution in [0.5, 0.6) is 0 Å². The first-order chi connectivity index (χ1) is 7.70. The number of hydrogen-bond acceptors (Lipinski definition) is 3. The van der Waals surface area contributed by atoms with E-state index in [-0.39, 0.29) is 0 Å². The largest absolute Gasteiger partial charge is 0.317 e. The average Bonchev–Trinajstić information content (AvgIpc) is 2.75. The maximum Gasteiger partial charge on any atom is 0.0224 e. The first-order valence-corrected chi connectivity index (χ1v) is 6.86. The molecule has 1 N–H and O–H groups in total. The monoisotopic (exact) mass is 225 g/mol. The van der Waals surface area contributed by atoms with E-state index in [9.17, 15) is 0 Å². The highest BCUT2D eigenvalue weighted by Crippen LogP contribution is 2.23. The standard InChI is InChI=1S/C13H27N3/c1-11(14-3)9-12(2)16-8-7-15-6-4-5-13(15)10-16/h11-14H,4-10H2,1-3H3. The van der Waals surface area contributed by atoms with Crippen molar-refractivity contribution in [2.24, 2.45) is 0 Å². The van der Waals surface area contributed by atoms with E-state index in [1.807, 2.05) is 0 Å². The van der Waals surface area contributed by atoms with E-state index in [0.717, 1.165) is 12.1 Å². The number of nitrogens with zero attached hydrogens (tertiary/aromatic N) is 2. The van der Waals surface area contributed by atoms with Crippen LogP contribution in [0.15, 0.2) is 0 Å². The van der Waals surface area contributed by atoms with Gasteiger partial charge in [0.2, 0.25) is 0 Å². The van der Waals surface area contributed by atoms with Crippen LogP contribution in [0.1, 0.15) is 33.1 Å². The molecule has 3 unspecified atom stereocenters. The van der Waals surface area contributed by atoms with Crippen LogP contribution in [0.3, 0.4) is 0 Å². The molecule has 2 aliphatic rings. The normalized spacial score (nSPS) is 31.3. The Kier molecular flexibility index (Phi) is 4.22. The van der Waals surface area contributed by atoms with Crippen molar-refractivity contribution >= 4 is 0 Å². The average molecular weight is 225 g/mol. The van der Waals surface area contributed by atoms with Gasteiger partial charge in [-0.3, -0.25) is 9.80 Å². The van der Waals surface area contributed by atoms with E-state index in [1.165, 1.54) is 45.4 Å². The SMILES string of the molecule is CNC(C)CC(C)N1CCN2CCCC2C1. The van der Waals surface area contributed by atoms with Gasteiger partial charge in [-0.25, -0.2) is 0 Å². The van der Waals surface area contributed by atoms with Crippen LogP contribution in [0.2, 0.25) is 0 Å². The van der Waals surface area contributed by atoms with Crippen molar-refractivity contribution in [3.63, 3.8) is 0 Å². The predicted molar refractivity (Wildman–Crippen MR) is 68.8 cm³/mol. The molecule has 3 heteroatoms. The van der Waals surface area contributed by atoms with Crippen molar-refractivity contribution in [2.75, 3.05) is 33.2 Å². The van der Waals surface area contributed by atoms with Gasteiger partial charge in [0.25, 0.3) is 0 Å². The number of nitrogens with one attached hydrogen (secondary N) is 1. The second kappa shape index (κ2) is 5.48. The van der Waals surface area contributed by atoms with Crippen molar-refractivity contribution in [1.29, 1.82) is 0 Å². The third-order valence-corrected chi connectivity index (χ3v) is 4.43. The van der Waals surface area contributed by atoms with Crippen LogP contribution in [0.25, 0.3) is 0 Å². The maximum absolute atomic E-state index is 3.34. The molecule has 16 heavy (non-hydrogen) atoms. The molecular weight excluding hydrogens is 198 g/mol. The van der Waals surface area contributed by atoms with Crippen molar-refractivity contribution < 1.29 is 0 Å². The highest BCUT2D eigenvalue weighted by atomic mass is 15.3. The number of rotatable bonds is 4. The smallest absolute Gasteiger partial charge is 0.0224 e. The summed E-state index contributed by atoms with van der Waals surface area (Å²) in [6.45, 7) is 9.88. The molecule has 2 saturated heterocycles. The summed E-state index contributed by atoms with van der Waals surface area (Å²) >= 11 is 0. The van der Waals surface area contributed by atoms with Crippen LogP contribution >= 0.6 is 0 Å². The third kappa shape index (κ3) is 2.76. The van der Waals surface area contributed by atoms with Gasteiger partial charge in [0.1, 0.15) is 0 Å². The van der Waals surface area contributed by atoms with Gasteiger partial charge >= 0.3 is 0 Å². The fourth-order valence-electron chi connectivity index (χ4n) is 3.19. The van der Waals surface area contributed by atoms with Gasteiger partial charge in [-0.05, 0) is 46.7 Å². The molecule has 2 aliphatic heterocycles. The Balaban J connectivity index is 1.81. The Morgan fingerprint density at radius 3 is 2.81 bits per heavy atom. The lowest BCUT2D eigenvalue weighted by Gasteiger charge is -2.41. The van der Waals surface area contributed by atoms with Gasteiger partial charge in [-0.1, -0.05) is 0 Å². The summed E-state index contributed by atoms with van der Waals surface area (Å²) in [7, 11) is 2.06. The Labute approximate surface area is 100 Å². The molecule has 0 radical (unpaired) electrons. The molecule has 2 heterocycles. The van der Waals surface area contributed by atoms with Crippen LogP contribution in [-0.4, -0.2) is 61.2 Å². The van der Waals surface area contributed by atoms with E-state index in [1.54, 1.807) is 0 Å². The van der Waals surface area contributed by atoms with Gasteiger partial charge in [-0.15, -0.1) is 0 Å². The van der Waals surface area contributed by atoms with Crippen molar-refractivity contribution in [3.05, 3.63) is 0 Å². The minimum Gasteiger partial charge on any atom is -0.317 e. The molecule has 3 atom stereocenters. The zero-order chi connectivity index (χ0) is 11.5. The van der Waals surface area contributed by atoms with E-state index in [4.69, 9.17) is 0 Å². The maximum atomic E-state index is 3.34. The molecule has 0 aromatic rings. The van der Waals surface area contributed by atoms with E-state index in [0.29, 0.717) is 6.04 Å². The zero-order valence-electron chi connectivity index (χ0n) is 11.1. The lowest BCUT2D eigenvalue weighted by Crippen LogP contribution is -2.53. The Morgan fingerprint density at radius 2 is 2.06 bits per heavy atom. The second-order valence-corrected chi connectivity index (χ2v) is 5.60. The topological polar surface area (TPSA) is 18.5 Å². The molecule has 3 nitrogen and oxygen atoms in total. The van der Waals surface area contributed by atoms with Gasteiger partial charge in [-0.2, -0.15) is 0 Å². The summed E-state index contributed by atoms with van der Waals surface area (Å²) < 4.78 is 0. The highest BCUT2D eigenvalue weighted by Gasteiger charge is 2.32. The van der Waals surface area contributed by atoms with Gasteiger partial charge < -0.3 is 5.32 Å². The fourth-order valence-corrected chi connectivity index (χ4v) is 3.19. The molecule has 2 fully saturated rings. The van der Waals surface area contributed by atoms with Gasteiger partial charge in [0, 0.05) is 37.8 Å². The molecule has 0 saturated carbocycles. The number of piperazine rings is 1. The molecule has 94 valence electrons. The van der Waals surface area contributed by atoms with Crippen LogP contribution < -0.4 is 5.32 Å². The highest BCUT2D eigenvalue weighted by molar-refractivity contribution is 4.89. The summed E-state index contributed by atoms with van der Waals surface area (Å²) in [6.07, 6.45) is 4.10. The fraction of sp³-hybridized carbons (Fsp3) is 1.00. The summed E-state index contributed by atoms with van der Waals surface area (Å²) in [5, 5.41) is 3.34. The molecule has 0 aromatic heterocycles. The molecule has 0 bridgehead atoms. The first-order valence-electron chi connectivity index (χ1n) is 6.86. The summed E-state index contributed by atoms with van der Waals surface area (Å²) in [6, 6.07) is 2.22. The molecule has 2 rings (SSSR count). The lowest BCUT2D eigenvalue weighted by molar-refractivity contribution is 0.0715.